The summed E-state index contributed by atoms with van der Waals surface area (Å²) in [6, 6.07) is 14.5. The van der Waals surface area contributed by atoms with Gasteiger partial charge < -0.3 is 26.2 Å². The molecule has 7 nitrogen and oxygen atoms in total. The van der Waals surface area contributed by atoms with Crippen LogP contribution in [0.15, 0.2) is 53.5 Å². The van der Waals surface area contributed by atoms with Gasteiger partial charge in [0.15, 0.2) is 5.96 Å². The predicted octanol–water partition coefficient (Wildman–Crippen LogP) is 2.98. The second kappa shape index (κ2) is 13.1. The zero-order valence-corrected chi connectivity index (χ0v) is 19.9. The molecule has 0 aliphatic carbocycles. The van der Waals surface area contributed by atoms with Gasteiger partial charge in [-0.05, 0) is 56.2 Å². The van der Waals surface area contributed by atoms with Gasteiger partial charge in [-0.15, -0.1) is 24.0 Å². The predicted molar refractivity (Wildman–Crippen MR) is 130 cm³/mol. The van der Waals surface area contributed by atoms with Crippen LogP contribution in [0.1, 0.15) is 48.4 Å². The molecule has 1 unspecified atom stereocenters. The molecule has 2 aromatic carbocycles. The number of nitrogens with two attached hydrogens (primary N) is 1. The lowest BCUT2D eigenvalue weighted by Gasteiger charge is -2.17. The number of aliphatic hydroxyl groups excluding tert-OH is 1. The average molecular weight is 526 g/mol. The standard InChI is InChI=1S/C22H30N4O3.HI/c1-4-24-22(25-13-16-7-5-9-18(11-16)21(23)28)26-14-20(27)17-8-6-10-19(12-17)29-15(2)3;/h5-12,15,20,27H,4,13-14H2,1-3H3,(H2,23,28)(H2,24,25,26);1H. The molecule has 1 atom stereocenters. The van der Waals surface area contributed by atoms with Crippen molar-refractivity contribution in [3.63, 3.8) is 0 Å². The number of aliphatic hydroxyl groups is 1. The quantitative estimate of drug-likeness (QED) is 0.228. The normalized spacial score (nSPS) is 12.1. The summed E-state index contributed by atoms with van der Waals surface area (Å²) in [4.78, 5) is 15.8. The molecule has 0 saturated heterocycles. The van der Waals surface area contributed by atoms with E-state index >= 15 is 0 Å². The molecular formula is C22H31IN4O3. The SMILES string of the molecule is CCNC(=NCc1cccc(C(N)=O)c1)NCC(O)c1cccc(OC(C)C)c1.I. The van der Waals surface area contributed by atoms with Gasteiger partial charge in [-0.3, -0.25) is 4.79 Å². The first-order valence-corrected chi connectivity index (χ1v) is 9.74. The number of ether oxygens (including phenoxy) is 1. The van der Waals surface area contributed by atoms with Crippen LogP contribution in [0, 0.1) is 0 Å². The zero-order valence-electron chi connectivity index (χ0n) is 17.6. The summed E-state index contributed by atoms with van der Waals surface area (Å²) in [6.07, 6.45) is -0.645. The minimum atomic E-state index is -0.715. The Balaban J connectivity index is 0.00000450. The van der Waals surface area contributed by atoms with Crippen LogP contribution in [0.4, 0.5) is 0 Å². The van der Waals surface area contributed by atoms with Crippen LogP contribution in [0.2, 0.25) is 0 Å². The Kier molecular flexibility index (Phi) is 11.2. The Bertz CT molecular complexity index is 843. The summed E-state index contributed by atoms with van der Waals surface area (Å²) < 4.78 is 5.68. The lowest BCUT2D eigenvalue weighted by Crippen LogP contribution is -2.39. The van der Waals surface area contributed by atoms with Crippen LogP contribution in [-0.4, -0.2) is 36.2 Å². The van der Waals surface area contributed by atoms with Crippen LogP contribution in [-0.2, 0) is 6.54 Å². The van der Waals surface area contributed by atoms with Crippen LogP contribution < -0.4 is 21.1 Å². The molecule has 0 saturated carbocycles. The highest BCUT2D eigenvalue weighted by Crippen LogP contribution is 2.20. The van der Waals surface area contributed by atoms with Crippen LogP contribution >= 0.6 is 24.0 Å². The van der Waals surface area contributed by atoms with E-state index in [9.17, 15) is 9.90 Å². The molecule has 0 fully saturated rings. The lowest BCUT2D eigenvalue weighted by molar-refractivity contribution is 0.1000. The van der Waals surface area contributed by atoms with E-state index in [4.69, 9.17) is 10.5 Å². The van der Waals surface area contributed by atoms with Gasteiger partial charge in [0.25, 0.3) is 0 Å². The van der Waals surface area contributed by atoms with E-state index in [-0.39, 0.29) is 36.6 Å². The molecule has 8 heteroatoms. The number of nitrogens with one attached hydrogen (secondary N) is 2. The fraction of sp³-hybridized carbons (Fsp3) is 0.364. The molecule has 5 N–H and O–H groups in total. The summed E-state index contributed by atoms with van der Waals surface area (Å²) >= 11 is 0. The Hall–Kier alpha value is -2.33. The molecule has 0 heterocycles. The number of halogens is 1. The maximum atomic E-state index is 11.3. The number of aliphatic imine (C=N–C) groups is 1. The van der Waals surface area contributed by atoms with Crippen molar-refractivity contribution < 1.29 is 14.6 Å². The van der Waals surface area contributed by atoms with Crippen molar-refractivity contribution in [2.45, 2.75) is 39.5 Å². The first-order chi connectivity index (χ1) is 13.9. The molecular weight excluding hydrogens is 495 g/mol. The smallest absolute Gasteiger partial charge is 0.248 e. The van der Waals surface area contributed by atoms with Gasteiger partial charge >= 0.3 is 0 Å². The van der Waals surface area contributed by atoms with Crippen molar-refractivity contribution in [2.24, 2.45) is 10.7 Å². The van der Waals surface area contributed by atoms with Crippen molar-refractivity contribution in [1.29, 1.82) is 0 Å². The third-order valence-electron chi connectivity index (χ3n) is 4.05. The molecule has 164 valence electrons. The van der Waals surface area contributed by atoms with Gasteiger partial charge in [0.1, 0.15) is 5.75 Å². The molecule has 1 amide bonds. The third-order valence-corrected chi connectivity index (χ3v) is 4.05. The van der Waals surface area contributed by atoms with Gasteiger partial charge in [0, 0.05) is 18.7 Å². The van der Waals surface area contributed by atoms with Gasteiger partial charge in [0.2, 0.25) is 5.91 Å². The van der Waals surface area contributed by atoms with Gasteiger partial charge in [-0.25, -0.2) is 4.99 Å². The summed E-state index contributed by atoms with van der Waals surface area (Å²) in [7, 11) is 0. The molecule has 0 aromatic heterocycles. The van der Waals surface area contributed by atoms with E-state index in [1.807, 2.05) is 51.1 Å². The monoisotopic (exact) mass is 526 g/mol. The van der Waals surface area contributed by atoms with Crippen molar-refractivity contribution in [3.8, 4) is 5.75 Å². The number of rotatable bonds is 9. The molecule has 0 aliphatic heterocycles. The van der Waals surface area contributed by atoms with Gasteiger partial charge in [0.05, 0.1) is 18.8 Å². The van der Waals surface area contributed by atoms with Crippen molar-refractivity contribution in [2.75, 3.05) is 13.1 Å². The molecule has 0 aliphatic rings. The minimum Gasteiger partial charge on any atom is -0.491 e. The highest BCUT2D eigenvalue weighted by molar-refractivity contribution is 14.0. The number of nitrogens with zero attached hydrogens (tertiary/aromatic N) is 1. The molecule has 0 radical (unpaired) electrons. The minimum absolute atomic E-state index is 0. The molecule has 0 bridgehead atoms. The van der Waals surface area contributed by atoms with E-state index in [1.165, 1.54) is 0 Å². The largest absolute Gasteiger partial charge is 0.491 e. The Morgan fingerprint density at radius 2 is 1.90 bits per heavy atom. The van der Waals surface area contributed by atoms with Gasteiger partial charge in [-0.1, -0.05) is 24.3 Å². The fourth-order valence-electron chi connectivity index (χ4n) is 2.71. The summed E-state index contributed by atoms with van der Waals surface area (Å²) in [5.74, 6) is 0.838. The number of primary amides is 1. The Labute approximate surface area is 195 Å². The maximum absolute atomic E-state index is 11.3. The second-order valence-electron chi connectivity index (χ2n) is 6.90. The maximum Gasteiger partial charge on any atom is 0.248 e. The number of benzene rings is 2. The second-order valence-corrected chi connectivity index (χ2v) is 6.90. The van der Waals surface area contributed by atoms with Crippen LogP contribution in [0.25, 0.3) is 0 Å². The first kappa shape index (κ1) is 25.7. The molecule has 2 rings (SSSR count). The van der Waals surface area contributed by atoms with Gasteiger partial charge in [-0.2, -0.15) is 0 Å². The molecule has 2 aromatic rings. The molecule has 0 spiro atoms. The van der Waals surface area contributed by atoms with E-state index in [0.29, 0.717) is 24.6 Å². The topological polar surface area (TPSA) is 109 Å². The van der Waals surface area contributed by atoms with E-state index in [0.717, 1.165) is 16.9 Å². The Morgan fingerprint density at radius 3 is 2.57 bits per heavy atom. The zero-order chi connectivity index (χ0) is 21.2. The van der Waals surface area contributed by atoms with E-state index in [1.54, 1.807) is 18.2 Å². The first-order valence-electron chi connectivity index (χ1n) is 9.74. The van der Waals surface area contributed by atoms with Crippen LogP contribution in [0.3, 0.4) is 0 Å². The highest BCUT2D eigenvalue weighted by atomic mass is 127. The third kappa shape index (κ3) is 8.58. The lowest BCUT2D eigenvalue weighted by atomic mass is 10.1. The highest BCUT2D eigenvalue weighted by Gasteiger charge is 2.10. The summed E-state index contributed by atoms with van der Waals surface area (Å²) in [5.41, 5.74) is 7.41. The number of carbonyl (C=O) groups is 1. The average Bonchev–Trinajstić information content (AvgIpc) is 2.69. The number of hydrogen-bond donors (Lipinski definition) is 4. The number of carbonyl (C=O) groups excluding carboxylic acids is 1. The number of amides is 1. The van der Waals surface area contributed by atoms with Crippen molar-refractivity contribution in [3.05, 3.63) is 65.2 Å². The van der Waals surface area contributed by atoms with Crippen molar-refractivity contribution in [1.82, 2.24) is 10.6 Å². The van der Waals surface area contributed by atoms with E-state index in [2.05, 4.69) is 15.6 Å². The number of guanidine groups is 1. The molecule has 30 heavy (non-hydrogen) atoms. The fourth-order valence-corrected chi connectivity index (χ4v) is 2.71. The number of hydrogen-bond acceptors (Lipinski definition) is 4. The van der Waals surface area contributed by atoms with E-state index < -0.39 is 12.0 Å². The summed E-state index contributed by atoms with van der Waals surface area (Å²) in [5, 5.41) is 16.8. The summed E-state index contributed by atoms with van der Waals surface area (Å²) in [6.45, 7) is 7.24. The van der Waals surface area contributed by atoms with Crippen molar-refractivity contribution >= 4 is 35.8 Å². The van der Waals surface area contributed by atoms with Crippen LogP contribution in [0.5, 0.6) is 5.75 Å². The Morgan fingerprint density at radius 1 is 1.17 bits per heavy atom.